The number of carbonyl (C=O) groups is 1. The third-order valence-electron chi connectivity index (χ3n) is 5.96. The first-order valence-corrected chi connectivity index (χ1v) is 9.15. The molecule has 138 valence electrons. The smallest absolute Gasteiger partial charge is 0.252 e. The van der Waals surface area contributed by atoms with E-state index in [-0.39, 0.29) is 24.0 Å². The highest BCUT2D eigenvalue weighted by Gasteiger charge is 2.46. The average molecular weight is 349 g/mol. The van der Waals surface area contributed by atoms with Gasteiger partial charge in [0.25, 0.3) is 5.91 Å². The molecule has 1 aromatic heterocycles. The number of amides is 1. The van der Waals surface area contributed by atoms with Gasteiger partial charge in [-0.3, -0.25) is 9.48 Å². The maximum atomic E-state index is 13.3. The van der Waals surface area contributed by atoms with Crippen molar-refractivity contribution < 1.29 is 19.0 Å². The van der Waals surface area contributed by atoms with Crippen molar-refractivity contribution >= 4 is 5.91 Å². The highest BCUT2D eigenvalue weighted by molar-refractivity contribution is 5.82. The van der Waals surface area contributed by atoms with Gasteiger partial charge in [-0.1, -0.05) is 0 Å². The predicted molar refractivity (Wildman–Crippen MR) is 90.1 cm³/mol. The molecule has 0 spiro atoms. The third kappa shape index (κ3) is 2.88. The van der Waals surface area contributed by atoms with Crippen LogP contribution in [0.3, 0.4) is 0 Å². The van der Waals surface area contributed by atoms with Crippen molar-refractivity contribution in [1.82, 2.24) is 14.7 Å². The van der Waals surface area contributed by atoms with Crippen LogP contribution in [0.5, 0.6) is 0 Å². The molecule has 3 aliphatic rings. The van der Waals surface area contributed by atoms with Crippen molar-refractivity contribution in [2.45, 2.75) is 32.4 Å². The fourth-order valence-electron chi connectivity index (χ4n) is 4.53. The number of hydrogen-bond acceptors (Lipinski definition) is 5. The number of aryl methyl sites for hydroxylation is 2. The van der Waals surface area contributed by atoms with Crippen molar-refractivity contribution in [3.63, 3.8) is 0 Å². The molecule has 7 heteroatoms. The van der Waals surface area contributed by atoms with Crippen LogP contribution in [-0.4, -0.2) is 66.3 Å². The van der Waals surface area contributed by atoms with Crippen molar-refractivity contribution in [2.75, 3.05) is 39.6 Å². The van der Waals surface area contributed by atoms with E-state index < -0.39 is 0 Å². The number of hydrogen-bond donors (Lipinski definition) is 0. The molecule has 3 saturated heterocycles. The molecular weight excluding hydrogens is 322 g/mol. The standard InChI is InChI=1S/C18H27N3O4/c1-11-16(12(2)20(3)19-11)15-10-24-7-5-21(15)18(22)17-14-4-6-23-8-13(14)9-25-17/h13-15,17H,4-10H2,1-3H3. The number of ether oxygens (including phenoxy) is 3. The molecule has 3 fully saturated rings. The lowest BCUT2D eigenvalue weighted by Crippen LogP contribution is -2.50. The number of rotatable bonds is 2. The van der Waals surface area contributed by atoms with Crippen LogP contribution >= 0.6 is 0 Å². The molecule has 4 rings (SSSR count). The Morgan fingerprint density at radius 2 is 1.96 bits per heavy atom. The highest BCUT2D eigenvalue weighted by Crippen LogP contribution is 2.37. The molecule has 4 unspecified atom stereocenters. The molecule has 0 N–H and O–H groups in total. The first-order chi connectivity index (χ1) is 12.1. The summed E-state index contributed by atoms with van der Waals surface area (Å²) in [6.07, 6.45) is 0.563. The first-order valence-electron chi connectivity index (χ1n) is 9.15. The van der Waals surface area contributed by atoms with E-state index >= 15 is 0 Å². The highest BCUT2D eigenvalue weighted by atomic mass is 16.5. The minimum absolute atomic E-state index is 0.0857. The topological polar surface area (TPSA) is 65.8 Å². The lowest BCUT2D eigenvalue weighted by atomic mass is 9.86. The molecule has 3 aliphatic heterocycles. The summed E-state index contributed by atoms with van der Waals surface area (Å²) in [5.74, 6) is 0.732. The Balaban J connectivity index is 1.59. The third-order valence-corrected chi connectivity index (χ3v) is 5.96. The second kappa shape index (κ2) is 6.70. The van der Waals surface area contributed by atoms with E-state index in [1.54, 1.807) is 0 Å². The summed E-state index contributed by atoms with van der Waals surface area (Å²) in [7, 11) is 1.94. The van der Waals surface area contributed by atoms with Crippen LogP contribution in [0.1, 0.15) is 29.4 Å². The SMILES string of the molecule is Cc1nn(C)c(C)c1C1COCCN1C(=O)C1OCC2COCCC21. The maximum Gasteiger partial charge on any atom is 0.252 e. The molecular formula is C18H27N3O4. The van der Waals surface area contributed by atoms with Gasteiger partial charge >= 0.3 is 0 Å². The van der Waals surface area contributed by atoms with Crippen LogP contribution in [0, 0.1) is 25.7 Å². The lowest BCUT2D eigenvalue weighted by Gasteiger charge is -2.38. The van der Waals surface area contributed by atoms with E-state index in [0.717, 1.165) is 30.0 Å². The molecule has 4 atom stereocenters. The molecule has 4 heterocycles. The average Bonchev–Trinajstić information content (AvgIpc) is 3.15. The van der Waals surface area contributed by atoms with Crippen LogP contribution in [0.2, 0.25) is 0 Å². The van der Waals surface area contributed by atoms with E-state index in [1.807, 2.05) is 30.5 Å². The van der Waals surface area contributed by atoms with Crippen LogP contribution in [0.4, 0.5) is 0 Å². The minimum atomic E-state index is -0.341. The second-order valence-electron chi connectivity index (χ2n) is 7.37. The van der Waals surface area contributed by atoms with Gasteiger partial charge in [0.05, 0.1) is 38.2 Å². The second-order valence-corrected chi connectivity index (χ2v) is 7.37. The summed E-state index contributed by atoms with van der Waals surface area (Å²) < 4.78 is 19.1. The lowest BCUT2D eigenvalue weighted by molar-refractivity contribution is -0.152. The zero-order valence-electron chi connectivity index (χ0n) is 15.2. The molecule has 0 aliphatic carbocycles. The molecule has 0 radical (unpaired) electrons. The number of nitrogens with zero attached hydrogens (tertiary/aromatic N) is 3. The van der Waals surface area contributed by atoms with Gasteiger partial charge in [-0.25, -0.2) is 0 Å². The maximum absolute atomic E-state index is 13.3. The molecule has 1 amide bonds. The van der Waals surface area contributed by atoms with Gasteiger partial charge in [0, 0.05) is 43.3 Å². The van der Waals surface area contributed by atoms with Gasteiger partial charge in [0.2, 0.25) is 0 Å². The zero-order valence-corrected chi connectivity index (χ0v) is 15.2. The Bertz CT molecular complexity index is 659. The number of morpholine rings is 1. The van der Waals surface area contributed by atoms with Gasteiger partial charge in [-0.05, 0) is 20.3 Å². The van der Waals surface area contributed by atoms with Gasteiger partial charge in [-0.15, -0.1) is 0 Å². The van der Waals surface area contributed by atoms with Crippen molar-refractivity contribution in [3.05, 3.63) is 17.0 Å². The Kier molecular flexibility index (Phi) is 4.56. The number of fused-ring (bicyclic) bond motifs is 1. The Morgan fingerprint density at radius 3 is 2.72 bits per heavy atom. The Hall–Kier alpha value is -1.44. The summed E-state index contributed by atoms with van der Waals surface area (Å²) in [6, 6.07) is -0.0857. The number of aromatic nitrogens is 2. The van der Waals surface area contributed by atoms with Crippen LogP contribution in [0.15, 0.2) is 0 Å². The predicted octanol–water partition coefficient (Wildman–Crippen LogP) is 0.988. The molecule has 7 nitrogen and oxygen atoms in total. The van der Waals surface area contributed by atoms with Gasteiger partial charge in [-0.2, -0.15) is 5.10 Å². The first kappa shape index (κ1) is 17.0. The van der Waals surface area contributed by atoms with E-state index in [1.165, 1.54) is 0 Å². The summed E-state index contributed by atoms with van der Waals surface area (Å²) in [4.78, 5) is 15.3. The van der Waals surface area contributed by atoms with Crippen LogP contribution in [-0.2, 0) is 26.1 Å². The zero-order chi connectivity index (χ0) is 17.6. The van der Waals surface area contributed by atoms with Crippen LogP contribution < -0.4 is 0 Å². The minimum Gasteiger partial charge on any atom is -0.381 e. The molecule has 0 bridgehead atoms. The summed E-state index contributed by atoms with van der Waals surface area (Å²) in [5.41, 5.74) is 3.16. The van der Waals surface area contributed by atoms with Crippen molar-refractivity contribution in [3.8, 4) is 0 Å². The summed E-state index contributed by atoms with van der Waals surface area (Å²) >= 11 is 0. The Labute approximate surface area is 148 Å². The quantitative estimate of drug-likeness (QED) is 0.797. The van der Waals surface area contributed by atoms with Crippen LogP contribution in [0.25, 0.3) is 0 Å². The van der Waals surface area contributed by atoms with E-state index in [9.17, 15) is 4.79 Å². The monoisotopic (exact) mass is 349 g/mol. The molecule has 0 saturated carbocycles. The normalized spacial score (nSPS) is 32.7. The fraction of sp³-hybridized carbons (Fsp3) is 0.778. The fourth-order valence-corrected chi connectivity index (χ4v) is 4.53. The van der Waals surface area contributed by atoms with E-state index in [4.69, 9.17) is 14.2 Å². The van der Waals surface area contributed by atoms with E-state index in [2.05, 4.69) is 5.10 Å². The van der Waals surface area contributed by atoms with E-state index in [0.29, 0.717) is 38.9 Å². The summed E-state index contributed by atoms with van der Waals surface area (Å²) in [5, 5.41) is 4.52. The van der Waals surface area contributed by atoms with Crippen molar-refractivity contribution in [1.29, 1.82) is 0 Å². The van der Waals surface area contributed by atoms with Gasteiger partial charge in [0.15, 0.2) is 0 Å². The summed E-state index contributed by atoms with van der Waals surface area (Å²) in [6.45, 7) is 7.80. The largest absolute Gasteiger partial charge is 0.381 e. The van der Waals surface area contributed by atoms with Gasteiger partial charge < -0.3 is 19.1 Å². The number of carbonyl (C=O) groups excluding carboxylic acids is 1. The van der Waals surface area contributed by atoms with Crippen molar-refractivity contribution in [2.24, 2.45) is 18.9 Å². The van der Waals surface area contributed by atoms with Gasteiger partial charge in [0.1, 0.15) is 6.10 Å². The molecule has 25 heavy (non-hydrogen) atoms. The molecule has 1 aromatic rings. The molecule has 0 aromatic carbocycles. The Morgan fingerprint density at radius 1 is 1.16 bits per heavy atom.